The fourth-order valence-corrected chi connectivity index (χ4v) is 7.40. The molecular weight excluding hydrogens is 736 g/mol. The van der Waals surface area contributed by atoms with Crippen LogP contribution in [0.5, 0.6) is 0 Å². The van der Waals surface area contributed by atoms with E-state index in [0.29, 0.717) is 19.3 Å². The highest BCUT2D eigenvalue weighted by Crippen LogP contribution is 2.45. The fraction of sp³-hybridized carbons (Fsp3) is 0.625. The van der Waals surface area contributed by atoms with Crippen LogP contribution in [0.3, 0.4) is 0 Å². The molecule has 0 bridgehead atoms. The molecular formula is C40H53F6NO8. The molecule has 308 valence electrons. The number of halogens is 6. The number of hydrogen-bond acceptors (Lipinski definition) is 9. The molecule has 9 nitrogen and oxygen atoms in total. The highest BCUT2D eigenvalue weighted by Gasteiger charge is 2.65. The Kier molecular flexibility index (Phi) is 17.0. The summed E-state index contributed by atoms with van der Waals surface area (Å²) in [5, 5.41) is 0. The van der Waals surface area contributed by atoms with Crippen LogP contribution in [-0.2, 0) is 49.3 Å². The van der Waals surface area contributed by atoms with Gasteiger partial charge in [0.25, 0.3) is 11.2 Å². The first-order chi connectivity index (χ1) is 26.0. The van der Waals surface area contributed by atoms with Crippen LogP contribution in [0.15, 0.2) is 60.7 Å². The average molecular weight is 790 g/mol. The Hall–Kier alpha value is -3.69. The fourth-order valence-electron chi connectivity index (χ4n) is 7.40. The van der Waals surface area contributed by atoms with Crippen molar-refractivity contribution >= 4 is 17.9 Å². The van der Waals surface area contributed by atoms with E-state index in [2.05, 4.69) is 9.64 Å². The van der Waals surface area contributed by atoms with Gasteiger partial charge in [0.2, 0.25) is 0 Å². The topological polar surface area (TPSA) is 101 Å². The van der Waals surface area contributed by atoms with Crippen LogP contribution >= 0.6 is 0 Å². The van der Waals surface area contributed by atoms with Crippen molar-refractivity contribution in [3.05, 3.63) is 71.8 Å². The van der Waals surface area contributed by atoms with Gasteiger partial charge < -0.3 is 23.7 Å². The third kappa shape index (κ3) is 11.0. The standard InChI is InChI=1S/C40H53F6NO8/c1-28(54-35(49)37(52-4,39(41,42)43)29-19-13-11-14-20-29)33-26-25-31(47(33)2)23-17-9-7-6-8-10-18-24-32(27-34(48)51-3)55-36(50)38(53-5,40(44,45)46)30-21-15-12-16-22-30/h11-16,19-22,28,31-33H,6-10,17-18,23-27H2,1-5H3/t28-,31-,32+,33?,37-,38-/m0/s1. The van der Waals surface area contributed by atoms with Gasteiger partial charge in [0, 0.05) is 37.4 Å². The lowest BCUT2D eigenvalue weighted by atomic mass is 9.92. The van der Waals surface area contributed by atoms with E-state index in [9.17, 15) is 40.7 Å². The SMILES string of the molecule is COC(=O)C[C@@H](CCCCCCCCC[C@H]1CCC([C@H](C)OC(=O)[C@@](OC)(c2ccccc2)C(F)(F)F)N1C)OC(=O)[C@@](OC)(c1ccccc1)C(F)(F)F. The average Bonchev–Trinajstić information content (AvgIpc) is 3.51. The van der Waals surface area contributed by atoms with Gasteiger partial charge in [-0.25, -0.2) is 9.59 Å². The van der Waals surface area contributed by atoms with Crippen LogP contribution in [0, 0.1) is 0 Å². The maximum absolute atomic E-state index is 14.3. The molecule has 0 N–H and O–H groups in total. The van der Waals surface area contributed by atoms with Crippen molar-refractivity contribution < 1.29 is 64.4 Å². The third-order valence-corrected chi connectivity index (χ3v) is 10.5. The zero-order valence-electron chi connectivity index (χ0n) is 32.0. The van der Waals surface area contributed by atoms with Crippen molar-refractivity contribution in [1.82, 2.24) is 4.90 Å². The van der Waals surface area contributed by atoms with Gasteiger partial charge in [-0.1, -0.05) is 99.2 Å². The molecule has 0 saturated carbocycles. The van der Waals surface area contributed by atoms with E-state index in [0.717, 1.165) is 78.4 Å². The van der Waals surface area contributed by atoms with Crippen molar-refractivity contribution in [2.75, 3.05) is 28.4 Å². The van der Waals surface area contributed by atoms with Gasteiger partial charge in [0.05, 0.1) is 13.5 Å². The van der Waals surface area contributed by atoms with E-state index in [1.54, 1.807) is 13.0 Å². The Morgan fingerprint density at radius 1 is 0.691 bits per heavy atom. The molecule has 6 atom stereocenters. The van der Waals surface area contributed by atoms with Gasteiger partial charge in [0.1, 0.15) is 12.2 Å². The number of likely N-dealkylation sites (N-methyl/N-ethyl adjacent to an activating group) is 1. The number of carbonyl (C=O) groups excluding carboxylic acids is 3. The summed E-state index contributed by atoms with van der Waals surface area (Å²) in [5.74, 6) is -3.88. The molecule has 1 aliphatic heterocycles. The number of esters is 3. The van der Waals surface area contributed by atoms with Crippen molar-refractivity contribution in [3.8, 4) is 0 Å². The van der Waals surface area contributed by atoms with Crippen LogP contribution in [0.25, 0.3) is 0 Å². The number of carbonyl (C=O) groups is 3. The molecule has 2 aromatic rings. The zero-order valence-corrected chi connectivity index (χ0v) is 32.0. The number of unbranched alkanes of at least 4 members (excludes halogenated alkanes) is 6. The van der Waals surface area contributed by atoms with E-state index in [1.165, 1.54) is 42.5 Å². The minimum Gasteiger partial charge on any atom is -0.469 e. The predicted molar refractivity (Wildman–Crippen MR) is 191 cm³/mol. The summed E-state index contributed by atoms with van der Waals surface area (Å²) in [5.41, 5.74) is -7.40. The first kappa shape index (κ1) is 45.7. The summed E-state index contributed by atoms with van der Waals surface area (Å²) < 4.78 is 111. The molecule has 1 unspecified atom stereocenters. The molecule has 1 fully saturated rings. The third-order valence-electron chi connectivity index (χ3n) is 10.5. The molecule has 1 saturated heterocycles. The maximum atomic E-state index is 14.3. The smallest absolute Gasteiger partial charge is 0.432 e. The molecule has 3 rings (SSSR count). The van der Waals surface area contributed by atoms with Gasteiger partial charge in [-0.15, -0.1) is 0 Å². The Bertz CT molecular complexity index is 1490. The Balaban J connectivity index is 1.43. The van der Waals surface area contributed by atoms with Crippen molar-refractivity contribution in [3.63, 3.8) is 0 Å². The van der Waals surface area contributed by atoms with E-state index in [4.69, 9.17) is 18.9 Å². The van der Waals surface area contributed by atoms with Crippen molar-refractivity contribution in [2.24, 2.45) is 0 Å². The summed E-state index contributed by atoms with van der Waals surface area (Å²) >= 11 is 0. The highest BCUT2D eigenvalue weighted by atomic mass is 19.4. The second kappa shape index (κ2) is 20.5. The number of benzene rings is 2. The Labute approximate surface area is 319 Å². The van der Waals surface area contributed by atoms with Crippen LogP contribution in [0.4, 0.5) is 26.3 Å². The molecule has 2 aromatic carbocycles. The quantitative estimate of drug-likeness (QED) is 0.0533. The molecule has 0 spiro atoms. The number of alkyl halides is 6. The van der Waals surface area contributed by atoms with E-state index < -0.39 is 65.7 Å². The molecule has 55 heavy (non-hydrogen) atoms. The van der Waals surface area contributed by atoms with Gasteiger partial charge in [-0.3, -0.25) is 9.69 Å². The number of rotatable bonds is 21. The van der Waals surface area contributed by atoms with Crippen LogP contribution in [0.2, 0.25) is 0 Å². The largest absolute Gasteiger partial charge is 0.469 e. The molecule has 0 aromatic heterocycles. The van der Waals surface area contributed by atoms with Crippen molar-refractivity contribution in [1.29, 1.82) is 0 Å². The van der Waals surface area contributed by atoms with Crippen LogP contribution in [0.1, 0.15) is 95.1 Å². The van der Waals surface area contributed by atoms with Gasteiger partial charge in [-0.2, -0.15) is 26.3 Å². The number of ether oxygens (including phenoxy) is 5. The normalized spacial score (nSPS) is 19.8. The van der Waals surface area contributed by atoms with E-state index in [-0.39, 0.29) is 24.1 Å². The lowest BCUT2D eigenvalue weighted by Crippen LogP contribution is -2.53. The van der Waals surface area contributed by atoms with Gasteiger partial charge in [0.15, 0.2) is 0 Å². The first-order valence-corrected chi connectivity index (χ1v) is 18.6. The summed E-state index contributed by atoms with van der Waals surface area (Å²) in [4.78, 5) is 40.4. The maximum Gasteiger partial charge on any atom is 0.432 e. The molecule has 0 radical (unpaired) electrons. The number of nitrogens with zero attached hydrogens (tertiary/aromatic N) is 1. The highest BCUT2D eigenvalue weighted by molar-refractivity contribution is 5.83. The second-order valence-corrected chi connectivity index (χ2v) is 13.9. The minimum atomic E-state index is -5.14. The lowest BCUT2D eigenvalue weighted by molar-refractivity contribution is -0.279. The lowest BCUT2D eigenvalue weighted by Gasteiger charge is -2.35. The first-order valence-electron chi connectivity index (χ1n) is 18.6. The number of likely N-dealkylation sites (tertiary alicyclic amines) is 1. The Morgan fingerprint density at radius 3 is 1.60 bits per heavy atom. The van der Waals surface area contributed by atoms with E-state index >= 15 is 0 Å². The molecule has 0 amide bonds. The minimum absolute atomic E-state index is 0.158. The van der Waals surface area contributed by atoms with Gasteiger partial charge in [-0.05, 0) is 46.1 Å². The molecule has 0 aliphatic carbocycles. The van der Waals surface area contributed by atoms with E-state index in [1.807, 2.05) is 7.05 Å². The molecule has 15 heteroatoms. The number of hydrogen-bond donors (Lipinski definition) is 0. The summed E-state index contributed by atoms with van der Waals surface area (Å²) in [7, 11) is 4.66. The monoisotopic (exact) mass is 789 g/mol. The summed E-state index contributed by atoms with van der Waals surface area (Å²) in [6.07, 6.45) is -4.32. The predicted octanol–water partition coefficient (Wildman–Crippen LogP) is 8.58. The molecule has 1 aliphatic rings. The number of methoxy groups -OCH3 is 3. The zero-order chi connectivity index (χ0) is 40.9. The molecule has 1 heterocycles. The summed E-state index contributed by atoms with van der Waals surface area (Å²) in [6.45, 7) is 1.60. The van der Waals surface area contributed by atoms with Crippen LogP contribution < -0.4 is 0 Å². The van der Waals surface area contributed by atoms with Crippen molar-refractivity contribution in [2.45, 2.75) is 132 Å². The van der Waals surface area contributed by atoms with Crippen LogP contribution in [-0.4, -0.2) is 87.8 Å². The Morgan fingerprint density at radius 2 is 1.15 bits per heavy atom. The second-order valence-electron chi connectivity index (χ2n) is 13.9. The van der Waals surface area contributed by atoms with Gasteiger partial charge >= 0.3 is 30.3 Å². The summed E-state index contributed by atoms with van der Waals surface area (Å²) in [6, 6.07) is 13.1.